The molecule has 0 aromatic heterocycles. The van der Waals surface area contributed by atoms with Crippen molar-refractivity contribution < 1.29 is 36.6 Å². The number of ether oxygens (including phenoxy) is 3. The zero-order chi connectivity index (χ0) is 24.0. The van der Waals surface area contributed by atoms with Crippen molar-refractivity contribution in [3.63, 3.8) is 0 Å². The highest BCUT2D eigenvalue weighted by Crippen LogP contribution is 2.32. The molecule has 10 heteroatoms. The number of hydrogen-bond acceptors (Lipinski definition) is 5. The van der Waals surface area contributed by atoms with Gasteiger partial charge in [0.05, 0.1) is 13.2 Å². The number of carbonyl (C=O) groups is 1. The minimum Gasteiger partial charge on any atom is -0.457 e. The topological polar surface area (TPSA) is 96.8 Å². The summed E-state index contributed by atoms with van der Waals surface area (Å²) >= 11 is 0. The zero-order valence-electron chi connectivity index (χ0n) is 17.1. The third kappa shape index (κ3) is 7.19. The molecule has 0 radical (unpaired) electrons. The van der Waals surface area contributed by atoms with E-state index in [1.165, 1.54) is 42.5 Å². The van der Waals surface area contributed by atoms with Crippen LogP contribution >= 0.6 is 0 Å². The van der Waals surface area contributed by atoms with Gasteiger partial charge in [-0.15, -0.1) is 13.2 Å². The number of amides is 1. The van der Waals surface area contributed by atoms with Gasteiger partial charge >= 0.3 is 6.36 Å². The fourth-order valence-corrected chi connectivity index (χ4v) is 2.83. The predicted octanol–water partition coefficient (Wildman–Crippen LogP) is 4.51. The van der Waals surface area contributed by atoms with Gasteiger partial charge in [0.15, 0.2) is 0 Å². The van der Waals surface area contributed by atoms with Crippen LogP contribution in [0.1, 0.15) is 5.56 Å². The van der Waals surface area contributed by atoms with Crippen LogP contribution in [0.5, 0.6) is 17.2 Å². The average molecular weight is 464 g/mol. The van der Waals surface area contributed by atoms with Crippen LogP contribution in [0.15, 0.2) is 66.7 Å². The number of alkyl halides is 3. The molecule has 0 bridgehead atoms. The molecule has 0 saturated carbocycles. The van der Waals surface area contributed by atoms with Crippen molar-refractivity contribution in [3.05, 3.63) is 78.1 Å². The normalized spacial score (nSPS) is 12.3. The molecule has 174 valence electrons. The Morgan fingerprint density at radius 2 is 1.48 bits per heavy atom. The minimum atomic E-state index is -4.89. The molecule has 0 aliphatic rings. The molecular formula is C23H20F4N2O4. The van der Waals surface area contributed by atoms with E-state index < -0.39 is 24.1 Å². The van der Waals surface area contributed by atoms with Gasteiger partial charge in [-0.05, 0) is 59.7 Å². The Bertz CT molecular complexity index is 1090. The van der Waals surface area contributed by atoms with E-state index in [0.29, 0.717) is 22.6 Å². The van der Waals surface area contributed by atoms with Crippen LogP contribution in [0.2, 0.25) is 0 Å². The summed E-state index contributed by atoms with van der Waals surface area (Å²) in [4.78, 5) is 11.0. The van der Waals surface area contributed by atoms with Crippen LogP contribution in [0.25, 0.3) is 11.1 Å². The second kappa shape index (κ2) is 10.3. The first-order chi connectivity index (χ1) is 15.6. The summed E-state index contributed by atoms with van der Waals surface area (Å²) in [5.41, 5.74) is 11.9. The molecule has 3 aromatic carbocycles. The van der Waals surface area contributed by atoms with Gasteiger partial charge in [0.25, 0.3) is 0 Å². The molecule has 6 nitrogen and oxygen atoms in total. The van der Waals surface area contributed by atoms with E-state index in [0.717, 1.165) is 0 Å². The monoisotopic (exact) mass is 464 g/mol. The number of nitrogens with two attached hydrogens (primary N) is 2. The van der Waals surface area contributed by atoms with Gasteiger partial charge < -0.3 is 25.7 Å². The van der Waals surface area contributed by atoms with E-state index in [9.17, 15) is 22.4 Å². The molecule has 0 aliphatic carbocycles. The van der Waals surface area contributed by atoms with Crippen molar-refractivity contribution >= 4 is 5.91 Å². The molecule has 0 spiro atoms. The van der Waals surface area contributed by atoms with Gasteiger partial charge in [-0.2, -0.15) is 0 Å². The van der Waals surface area contributed by atoms with Crippen LogP contribution in [-0.2, 0) is 16.1 Å². The highest BCUT2D eigenvalue weighted by Gasteiger charge is 2.32. The number of halogens is 4. The molecule has 1 atom stereocenters. The molecular weight excluding hydrogens is 444 g/mol. The summed E-state index contributed by atoms with van der Waals surface area (Å²) in [5, 5.41) is 0. The Morgan fingerprint density at radius 3 is 2.06 bits per heavy atom. The van der Waals surface area contributed by atoms with Gasteiger partial charge in [-0.1, -0.05) is 18.2 Å². The number of primary amides is 1. The number of benzene rings is 3. The summed E-state index contributed by atoms with van der Waals surface area (Å²) in [5.74, 6) is -0.668. The second-order valence-electron chi connectivity index (χ2n) is 6.97. The highest BCUT2D eigenvalue weighted by molar-refractivity contribution is 5.79. The fourth-order valence-electron chi connectivity index (χ4n) is 2.83. The quantitative estimate of drug-likeness (QED) is 0.454. The molecule has 33 heavy (non-hydrogen) atoms. The van der Waals surface area contributed by atoms with E-state index in [4.69, 9.17) is 20.9 Å². The molecule has 0 saturated heterocycles. The van der Waals surface area contributed by atoms with Gasteiger partial charge in [0.1, 0.15) is 29.1 Å². The SMILES string of the molecule is NC(=O)C(N)COCc1cc(-c2ccc(Oc3ccc(F)cc3)cc2)ccc1OC(F)(F)F. The summed E-state index contributed by atoms with van der Waals surface area (Å²) in [6, 6.07) is 15.3. The lowest BCUT2D eigenvalue weighted by molar-refractivity contribution is -0.275. The van der Waals surface area contributed by atoms with Gasteiger partial charge in [0.2, 0.25) is 5.91 Å². The first-order valence-electron chi connectivity index (χ1n) is 9.66. The average Bonchev–Trinajstić information content (AvgIpc) is 2.76. The summed E-state index contributed by atoms with van der Waals surface area (Å²) in [6.45, 7) is -0.549. The van der Waals surface area contributed by atoms with E-state index in [1.807, 2.05) is 0 Å². The lowest BCUT2D eigenvalue weighted by Crippen LogP contribution is -2.40. The standard InChI is InChI=1S/C23H20F4N2O4/c24-17-4-8-19(9-5-17)32-18-6-1-14(2-7-18)15-3-10-21(33-23(25,26)27)16(11-15)12-31-13-20(28)22(29)30/h1-11,20H,12-13,28H2,(H2,29,30). The van der Waals surface area contributed by atoms with E-state index in [1.54, 1.807) is 24.3 Å². The summed E-state index contributed by atoms with van der Waals surface area (Å²) in [6.07, 6.45) is -4.89. The maximum absolute atomic E-state index is 13.0. The van der Waals surface area contributed by atoms with Gasteiger partial charge in [-0.3, -0.25) is 4.79 Å². The minimum absolute atomic E-state index is 0.105. The van der Waals surface area contributed by atoms with Crippen molar-refractivity contribution in [2.24, 2.45) is 11.5 Å². The van der Waals surface area contributed by atoms with Crippen molar-refractivity contribution in [3.8, 4) is 28.4 Å². The largest absolute Gasteiger partial charge is 0.573 e. The predicted molar refractivity (Wildman–Crippen MR) is 112 cm³/mol. The van der Waals surface area contributed by atoms with Crippen LogP contribution in [0.3, 0.4) is 0 Å². The smallest absolute Gasteiger partial charge is 0.457 e. The van der Waals surface area contributed by atoms with Crippen LogP contribution in [-0.4, -0.2) is 24.9 Å². The summed E-state index contributed by atoms with van der Waals surface area (Å²) in [7, 11) is 0. The fraction of sp³-hybridized carbons (Fsp3) is 0.174. The third-order valence-corrected chi connectivity index (χ3v) is 4.44. The van der Waals surface area contributed by atoms with Crippen molar-refractivity contribution in [1.82, 2.24) is 0 Å². The molecule has 0 aliphatic heterocycles. The first-order valence-corrected chi connectivity index (χ1v) is 9.66. The molecule has 3 rings (SSSR count). The Hall–Kier alpha value is -3.63. The van der Waals surface area contributed by atoms with Crippen molar-refractivity contribution in [1.29, 1.82) is 0 Å². The second-order valence-corrected chi connectivity index (χ2v) is 6.97. The number of carbonyl (C=O) groups excluding carboxylic acids is 1. The van der Waals surface area contributed by atoms with E-state index in [-0.39, 0.29) is 24.6 Å². The Balaban J connectivity index is 1.78. The van der Waals surface area contributed by atoms with Crippen molar-refractivity contribution in [2.75, 3.05) is 6.61 Å². The molecule has 4 N–H and O–H groups in total. The Morgan fingerprint density at radius 1 is 0.909 bits per heavy atom. The molecule has 0 fully saturated rings. The third-order valence-electron chi connectivity index (χ3n) is 4.44. The molecule has 1 unspecified atom stereocenters. The van der Waals surface area contributed by atoms with E-state index in [2.05, 4.69) is 4.74 Å². The molecule has 1 amide bonds. The lowest BCUT2D eigenvalue weighted by atomic mass is 10.0. The van der Waals surface area contributed by atoms with E-state index >= 15 is 0 Å². The maximum atomic E-state index is 13.0. The Labute approximate surface area is 186 Å². The van der Waals surface area contributed by atoms with Gasteiger partial charge in [-0.25, -0.2) is 4.39 Å². The van der Waals surface area contributed by atoms with Gasteiger partial charge in [0, 0.05) is 5.56 Å². The Kier molecular flexibility index (Phi) is 7.52. The first kappa shape index (κ1) is 24.0. The summed E-state index contributed by atoms with van der Waals surface area (Å²) < 4.78 is 66.3. The maximum Gasteiger partial charge on any atom is 0.573 e. The number of hydrogen-bond donors (Lipinski definition) is 2. The molecule has 0 heterocycles. The van der Waals surface area contributed by atoms with Crippen LogP contribution in [0.4, 0.5) is 17.6 Å². The van der Waals surface area contributed by atoms with Crippen LogP contribution < -0.4 is 20.9 Å². The lowest BCUT2D eigenvalue weighted by Gasteiger charge is -2.16. The number of rotatable bonds is 9. The highest BCUT2D eigenvalue weighted by atomic mass is 19.4. The van der Waals surface area contributed by atoms with Crippen molar-refractivity contribution in [2.45, 2.75) is 19.0 Å². The molecule has 3 aromatic rings. The zero-order valence-corrected chi connectivity index (χ0v) is 17.1. The van der Waals surface area contributed by atoms with Crippen LogP contribution in [0, 0.1) is 5.82 Å².